The molecular formula is C27H22ClN5O5S. The number of carbonyl (C=O) groups is 1. The Bertz CT molecular complexity index is 1740. The average molecular weight is 564 g/mol. The van der Waals surface area contributed by atoms with E-state index in [9.17, 15) is 4.79 Å². The van der Waals surface area contributed by atoms with Crippen LogP contribution in [0.25, 0.3) is 31.8 Å². The summed E-state index contributed by atoms with van der Waals surface area (Å²) in [6.45, 7) is 4.20. The van der Waals surface area contributed by atoms with Gasteiger partial charge in [-0.05, 0) is 49.2 Å². The number of thiazole rings is 1. The second-order valence-corrected chi connectivity index (χ2v) is 10.4. The first kappa shape index (κ1) is 25.1. The van der Waals surface area contributed by atoms with E-state index < -0.39 is 12.2 Å². The highest BCUT2D eigenvalue weighted by Crippen LogP contribution is 2.46. The minimum absolute atomic E-state index is 0.00169. The van der Waals surface area contributed by atoms with E-state index in [1.54, 1.807) is 19.4 Å². The summed E-state index contributed by atoms with van der Waals surface area (Å²) in [5, 5.41) is 3.80. The Morgan fingerprint density at radius 3 is 2.85 bits per heavy atom. The number of nitrogens with zero attached hydrogens (tertiary/aromatic N) is 4. The van der Waals surface area contributed by atoms with Gasteiger partial charge in [-0.2, -0.15) is 0 Å². The smallest absolute Gasteiger partial charge is 0.411 e. The first-order valence-electron chi connectivity index (χ1n) is 12.0. The Morgan fingerprint density at radius 1 is 1.15 bits per heavy atom. The Balaban J connectivity index is 1.24. The minimum atomic E-state index is -0.640. The highest BCUT2D eigenvalue weighted by molar-refractivity contribution is 7.22. The highest BCUT2D eigenvalue weighted by Gasteiger charge is 2.27. The van der Waals surface area contributed by atoms with E-state index in [0.717, 1.165) is 42.9 Å². The molecule has 1 aliphatic heterocycles. The second kappa shape index (κ2) is 10.2. The van der Waals surface area contributed by atoms with Gasteiger partial charge in [-0.1, -0.05) is 11.6 Å². The van der Waals surface area contributed by atoms with Crippen LogP contribution < -0.4 is 19.5 Å². The molecule has 10 nitrogen and oxygen atoms in total. The molecule has 198 valence electrons. The van der Waals surface area contributed by atoms with Crippen molar-refractivity contribution in [2.75, 3.05) is 25.6 Å². The van der Waals surface area contributed by atoms with Gasteiger partial charge in [0.2, 0.25) is 5.88 Å². The molecular weight excluding hydrogens is 542 g/mol. The number of amides is 1. The van der Waals surface area contributed by atoms with Gasteiger partial charge in [0.1, 0.15) is 22.9 Å². The van der Waals surface area contributed by atoms with Crippen molar-refractivity contribution in [1.29, 1.82) is 0 Å². The van der Waals surface area contributed by atoms with E-state index in [1.165, 1.54) is 23.7 Å². The molecule has 6 rings (SSSR count). The first-order valence-corrected chi connectivity index (χ1v) is 13.2. The number of aryl methyl sites for hydroxylation is 2. The lowest BCUT2D eigenvalue weighted by Crippen LogP contribution is -2.35. The molecule has 2 aromatic carbocycles. The molecule has 12 heteroatoms. The molecule has 4 heterocycles. The van der Waals surface area contributed by atoms with Crippen LogP contribution in [0.2, 0.25) is 5.02 Å². The molecule has 0 aliphatic carbocycles. The molecule has 0 bridgehead atoms. The van der Waals surface area contributed by atoms with Crippen LogP contribution in [0.5, 0.6) is 17.4 Å². The third kappa shape index (κ3) is 4.98. The van der Waals surface area contributed by atoms with Crippen LogP contribution >= 0.6 is 22.9 Å². The standard InChI is InChI=1S/C27H22ClN5O5S/c1-13-4-18(23-19(5-13)32-21(35-3)10-30-23)26-33-22-14(2)6-20-24(25(22)39-26)36-11-17(38-20)12-37-27(34)31-16-7-15(28)8-29-9-16/h4-10,17H,11-12H2,1-3H3,(H,31,34). The number of fused-ring (bicyclic) bond motifs is 4. The number of anilines is 1. The topological polar surface area (TPSA) is 118 Å². The SMILES string of the molecule is COc1cnc2c(-c3nc4c(C)cc5c(c4s3)OCC(COC(=O)Nc3cncc(Cl)c3)O5)cc(C)cc2n1. The Kier molecular flexibility index (Phi) is 6.53. The molecule has 0 fully saturated rings. The molecule has 1 atom stereocenters. The maximum atomic E-state index is 12.2. The zero-order valence-corrected chi connectivity index (χ0v) is 22.7. The largest absolute Gasteiger partial charge is 0.484 e. The number of nitrogens with one attached hydrogen (secondary N) is 1. The Hall–Kier alpha value is -4.22. The predicted molar refractivity (Wildman–Crippen MR) is 148 cm³/mol. The van der Waals surface area contributed by atoms with Crippen LogP contribution in [-0.2, 0) is 4.74 Å². The lowest BCUT2D eigenvalue weighted by molar-refractivity contribution is 0.0383. The van der Waals surface area contributed by atoms with Crippen LogP contribution in [0.4, 0.5) is 10.5 Å². The lowest BCUT2D eigenvalue weighted by Gasteiger charge is -2.26. The van der Waals surface area contributed by atoms with Crippen molar-refractivity contribution in [2.45, 2.75) is 20.0 Å². The number of hydrogen-bond donors (Lipinski definition) is 1. The average Bonchev–Trinajstić information content (AvgIpc) is 3.37. The minimum Gasteiger partial charge on any atom is -0.484 e. The number of aromatic nitrogens is 4. The van der Waals surface area contributed by atoms with Crippen molar-refractivity contribution < 1.29 is 23.7 Å². The number of ether oxygens (including phenoxy) is 4. The maximum absolute atomic E-state index is 12.2. The van der Waals surface area contributed by atoms with E-state index in [1.807, 2.05) is 26.0 Å². The van der Waals surface area contributed by atoms with E-state index in [0.29, 0.717) is 28.1 Å². The molecule has 1 amide bonds. The summed E-state index contributed by atoms with van der Waals surface area (Å²) in [6, 6.07) is 7.50. The second-order valence-electron chi connectivity index (χ2n) is 8.98. The summed E-state index contributed by atoms with van der Waals surface area (Å²) < 4.78 is 23.7. The number of carbonyl (C=O) groups excluding carboxylic acids is 1. The summed E-state index contributed by atoms with van der Waals surface area (Å²) in [7, 11) is 1.57. The maximum Gasteiger partial charge on any atom is 0.411 e. The quantitative estimate of drug-likeness (QED) is 0.276. The fourth-order valence-corrected chi connectivity index (χ4v) is 5.63. The number of benzene rings is 2. The molecule has 0 saturated heterocycles. The summed E-state index contributed by atoms with van der Waals surface area (Å²) in [5.74, 6) is 1.65. The summed E-state index contributed by atoms with van der Waals surface area (Å²) in [6.07, 6.45) is 3.44. The summed E-state index contributed by atoms with van der Waals surface area (Å²) in [5.41, 5.74) is 5.61. The van der Waals surface area contributed by atoms with Gasteiger partial charge in [-0.3, -0.25) is 10.3 Å². The van der Waals surface area contributed by atoms with Gasteiger partial charge in [-0.25, -0.2) is 19.7 Å². The Morgan fingerprint density at radius 2 is 2.03 bits per heavy atom. The van der Waals surface area contributed by atoms with Gasteiger partial charge in [0.15, 0.2) is 17.6 Å². The molecule has 1 N–H and O–H groups in total. The summed E-state index contributed by atoms with van der Waals surface area (Å²) in [4.78, 5) is 30.2. The number of rotatable bonds is 5. The van der Waals surface area contributed by atoms with E-state index in [-0.39, 0.29) is 13.2 Å². The van der Waals surface area contributed by atoms with Crippen LogP contribution in [0.15, 0.2) is 42.9 Å². The highest BCUT2D eigenvalue weighted by atomic mass is 35.5. The molecule has 0 spiro atoms. The first-order chi connectivity index (χ1) is 18.9. The monoisotopic (exact) mass is 563 g/mol. The zero-order chi connectivity index (χ0) is 27.1. The van der Waals surface area contributed by atoms with Crippen molar-refractivity contribution in [3.05, 3.63) is 59.0 Å². The van der Waals surface area contributed by atoms with Crippen molar-refractivity contribution in [3.63, 3.8) is 0 Å². The fraction of sp³-hybridized carbons (Fsp3) is 0.222. The molecule has 0 radical (unpaired) electrons. The van der Waals surface area contributed by atoms with Gasteiger partial charge in [-0.15, -0.1) is 11.3 Å². The van der Waals surface area contributed by atoms with Gasteiger partial charge in [0.25, 0.3) is 0 Å². The number of methoxy groups -OCH3 is 1. The zero-order valence-electron chi connectivity index (χ0n) is 21.1. The number of halogens is 1. The van der Waals surface area contributed by atoms with E-state index in [2.05, 4.69) is 26.3 Å². The normalized spacial score (nSPS) is 14.4. The van der Waals surface area contributed by atoms with Gasteiger partial charge in [0, 0.05) is 11.8 Å². The summed E-state index contributed by atoms with van der Waals surface area (Å²) >= 11 is 7.41. The Labute approximate surface area is 231 Å². The third-order valence-corrected chi connectivity index (χ3v) is 7.34. The molecule has 1 aliphatic rings. The van der Waals surface area contributed by atoms with E-state index in [4.69, 9.17) is 35.5 Å². The molecule has 39 heavy (non-hydrogen) atoms. The third-order valence-electron chi connectivity index (χ3n) is 6.05. The van der Waals surface area contributed by atoms with Crippen molar-refractivity contribution in [3.8, 4) is 28.0 Å². The van der Waals surface area contributed by atoms with Crippen LogP contribution in [0, 0.1) is 13.8 Å². The van der Waals surface area contributed by atoms with Crippen molar-refractivity contribution in [2.24, 2.45) is 0 Å². The fourth-order valence-electron chi connectivity index (χ4n) is 4.31. The van der Waals surface area contributed by atoms with Crippen molar-refractivity contribution >= 4 is 56.0 Å². The van der Waals surface area contributed by atoms with Crippen LogP contribution in [0.3, 0.4) is 0 Å². The lowest BCUT2D eigenvalue weighted by atomic mass is 10.1. The number of hydrogen-bond acceptors (Lipinski definition) is 10. The van der Waals surface area contributed by atoms with Gasteiger partial charge < -0.3 is 18.9 Å². The van der Waals surface area contributed by atoms with Crippen molar-refractivity contribution in [1.82, 2.24) is 19.9 Å². The molecule has 0 saturated carbocycles. The number of pyridine rings is 1. The molecule has 3 aromatic heterocycles. The molecule has 5 aromatic rings. The molecule has 1 unspecified atom stereocenters. The van der Waals surface area contributed by atoms with Gasteiger partial charge >= 0.3 is 6.09 Å². The van der Waals surface area contributed by atoms with E-state index >= 15 is 0 Å². The van der Waals surface area contributed by atoms with Gasteiger partial charge in [0.05, 0.1) is 46.8 Å². The van der Waals surface area contributed by atoms with Crippen LogP contribution in [0.1, 0.15) is 11.1 Å². The predicted octanol–water partition coefficient (Wildman–Crippen LogP) is 5.97. The van der Waals surface area contributed by atoms with Crippen LogP contribution in [-0.4, -0.2) is 52.5 Å².